The van der Waals surface area contributed by atoms with E-state index in [9.17, 15) is 4.79 Å². The number of nitrogens with zero attached hydrogens (tertiary/aromatic N) is 1. The summed E-state index contributed by atoms with van der Waals surface area (Å²) >= 11 is 0. The van der Waals surface area contributed by atoms with Gasteiger partial charge in [0.2, 0.25) is 5.91 Å². The summed E-state index contributed by atoms with van der Waals surface area (Å²) < 4.78 is 5.62. The molecule has 0 heterocycles. The van der Waals surface area contributed by atoms with Crippen LogP contribution in [0.1, 0.15) is 44.2 Å². The lowest BCUT2D eigenvalue weighted by molar-refractivity contribution is -0.122. The summed E-state index contributed by atoms with van der Waals surface area (Å²) in [4.78, 5) is 14.4. The molecule has 1 N–H and O–H groups in total. The van der Waals surface area contributed by atoms with Crippen LogP contribution in [-0.4, -0.2) is 36.5 Å². The van der Waals surface area contributed by atoms with Gasteiger partial charge in [-0.1, -0.05) is 38.1 Å². The van der Waals surface area contributed by atoms with Crippen LogP contribution in [0.2, 0.25) is 0 Å². The van der Waals surface area contributed by atoms with Gasteiger partial charge in [-0.2, -0.15) is 0 Å². The fraction of sp³-hybridized carbons (Fsp3) is 0.611. The van der Waals surface area contributed by atoms with Gasteiger partial charge in [0.15, 0.2) is 0 Å². The minimum absolute atomic E-state index is 0.109. The van der Waals surface area contributed by atoms with Crippen molar-refractivity contribution in [2.24, 2.45) is 0 Å². The standard InChI is InChI=1S/C18H28N2O2/c1-3-11-22-14-16-8-6-5-7-15(16)12-19-18(21)13-20(4-2)17-9-10-17/h5-8,17H,3-4,9-14H2,1-2H3,(H,19,21). The number of ether oxygens (including phenoxy) is 1. The van der Waals surface area contributed by atoms with Crippen molar-refractivity contribution in [3.8, 4) is 0 Å². The average Bonchev–Trinajstić information content (AvgIpc) is 3.36. The van der Waals surface area contributed by atoms with Crippen molar-refractivity contribution in [3.63, 3.8) is 0 Å². The van der Waals surface area contributed by atoms with E-state index in [1.165, 1.54) is 12.8 Å². The Morgan fingerprint density at radius 3 is 2.64 bits per heavy atom. The van der Waals surface area contributed by atoms with Gasteiger partial charge < -0.3 is 10.1 Å². The number of amides is 1. The first-order valence-electron chi connectivity index (χ1n) is 8.39. The molecule has 0 atom stereocenters. The largest absolute Gasteiger partial charge is 0.377 e. The van der Waals surface area contributed by atoms with Gasteiger partial charge in [0.05, 0.1) is 13.2 Å². The SMILES string of the molecule is CCCOCc1ccccc1CNC(=O)CN(CC)C1CC1. The van der Waals surface area contributed by atoms with E-state index in [2.05, 4.69) is 36.2 Å². The van der Waals surface area contributed by atoms with Crippen molar-refractivity contribution in [3.05, 3.63) is 35.4 Å². The molecule has 1 aliphatic carbocycles. The second-order valence-electron chi connectivity index (χ2n) is 5.89. The lowest BCUT2D eigenvalue weighted by atomic mass is 10.1. The molecule has 122 valence electrons. The minimum atomic E-state index is 0.109. The first-order valence-corrected chi connectivity index (χ1v) is 8.39. The highest BCUT2D eigenvalue weighted by Crippen LogP contribution is 2.25. The van der Waals surface area contributed by atoms with Crippen LogP contribution in [0.15, 0.2) is 24.3 Å². The Morgan fingerprint density at radius 2 is 2.00 bits per heavy atom. The molecule has 1 aliphatic rings. The van der Waals surface area contributed by atoms with Crippen LogP contribution < -0.4 is 5.32 Å². The molecule has 0 bridgehead atoms. The van der Waals surface area contributed by atoms with Gasteiger partial charge in [-0.25, -0.2) is 0 Å². The summed E-state index contributed by atoms with van der Waals surface area (Å²) in [7, 11) is 0. The monoisotopic (exact) mass is 304 g/mol. The summed E-state index contributed by atoms with van der Waals surface area (Å²) in [6.07, 6.45) is 3.49. The fourth-order valence-corrected chi connectivity index (χ4v) is 2.57. The zero-order valence-electron chi connectivity index (χ0n) is 13.8. The molecule has 1 fully saturated rings. The Bertz CT molecular complexity index is 472. The number of hydrogen-bond donors (Lipinski definition) is 1. The molecule has 0 spiro atoms. The summed E-state index contributed by atoms with van der Waals surface area (Å²) in [5, 5.41) is 3.04. The van der Waals surface area contributed by atoms with E-state index in [0.717, 1.165) is 30.7 Å². The van der Waals surface area contributed by atoms with E-state index >= 15 is 0 Å². The Kier molecular flexibility index (Phi) is 6.87. The quantitative estimate of drug-likeness (QED) is 0.676. The van der Waals surface area contributed by atoms with Gasteiger partial charge in [0, 0.05) is 19.2 Å². The number of carbonyl (C=O) groups is 1. The number of hydrogen-bond acceptors (Lipinski definition) is 3. The van der Waals surface area contributed by atoms with Gasteiger partial charge in [-0.05, 0) is 36.9 Å². The van der Waals surface area contributed by atoms with Crippen LogP contribution in [0.5, 0.6) is 0 Å². The Labute approximate surface area is 133 Å². The second kappa shape index (κ2) is 8.91. The third kappa shape index (κ3) is 5.43. The molecule has 0 saturated heterocycles. The number of rotatable bonds is 10. The van der Waals surface area contributed by atoms with E-state index in [0.29, 0.717) is 25.7 Å². The molecule has 0 radical (unpaired) electrons. The molecular weight excluding hydrogens is 276 g/mol. The minimum Gasteiger partial charge on any atom is -0.377 e. The Morgan fingerprint density at radius 1 is 1.27 bits per heavy atom. The fourth-order valence-electron chi connectivity index (χ4n) is 2.57. The maximum atomic E-state index is 12.1. The van der Waals surface area contributed by atoms with E-state index < -0.39 is 0 Å². The molecule has 1 amide bonds. The van der Waals surface area contributed by atoms with Crippen molar-refractivity contribution < 1.29 is 9.53 Å². The first-order chi connectivity index (χ1) is 10.7. The topological polar surface area (TPSA) is 41.6 Å². The summed E-state index contributed by atoms with van der Waals surface area (Å²) in [6, 6.07) is 8.78. The first kappa shape index (κ1) is 17.0. The molecule has 0 unspecified atom stereocenters. The molecule has 2 rings (SSSR count). The Hall–Kier alpha value is -1.39. The van der Waals surface area contributed by atoms with Crippen molar-refractivity contribution >= 4 is 5.91 Å². The third-order valence-electron chi connectivity index (χ3n) is 4.02. The third-order valence-corrected chi connectivity index (χ3v) is 4.02. The van der Waals surface area contributed by atoms with Gasteiger partial charge in [-0.3, -0.25) is 9.69 Å². The van der Waals surface area contributed by atoms with Crippen molar-refractivity contribution in [1.82, 2.24) is 10.2 Å². The zero-order chi connectivity index (χ0) is 15.8. The van der Waals surface area contributed by atoms with Crippen LogP contribution in [0.25, 0.3) is 0 Å². The average molecular weight is 304 g/mol. The number of likely N-dealkylation sites (N-methyl/N-ethyl adjacent to an activating group) is 1. The molecule has 4 nitrogen and oxygen atoms in total. The normalized spacial score (nSPS) is 14.3. The molecule has 1 saturated carbocycles. The van der Waals surface area contributed by atoms with Crippen LogP contribution >= 0.6 is 0 Å². The van der Waals surface area contributed by atoms with Crippen molar-refractivity contribution in [2.75, 3.05) is 19.7 Å². The molecular formula is C18H28N2O2. The van der Waals surface area contributed by atoms with Crippen molar-refractivity contribution in [1.29, 1.82) is 0 Å². The molecule has 0 aromatic heterocycles. The van der Waals surface area contributed by atoms with Crippen LogP contribution in [0.4, 0.5) is 0 Å². The van der Waals surface area contributed by atoms with Crippen molar-refractivity contribution in [2.45, 2.75) is 52.3 Å². The molecule has 4 heteroatoms. The second-order valence-corrected chi connectivity index (χ2v) is 5.89. The molecule has 1 aromatic rings. The number of carbonyl (C=O) groups excluding carboxylic acids is 1. The highest BCUT2D eigenvalue weighted by molar-refractivity contribution is 5.78. The van der Waals surface area contributed by atoms with E-state index in [4.69, 9.17) is 4.74 Å². The summed E-state index contributed by atoms with van der Waals surface area (Å²) in [6.45, 7) is 7.63. The number of nitrogens with one attached hydrogen (secondary N) is 1. The Balaban J connectivity index is 1.81. The van der Waals surface area contributed by atoms with Gasteiger partial charge >= 0.3 is 0 Å². The highest BCUT2D eigenvalue weighted by atomic mass is 16.5. The molecule has 1 aromatic carbocycles. The summed E-state index contributed by atoms with van der Waals surface area (Å²) in [5.74, 6) is 0.109. The van der Waals surface area contributed by atoms with Gasteiger partial charge in [0.25, 0.3) is 0 Å². The lowest BCUT2D eigenvalue weighted by Crippen LogP contribution is -2.38. The van der Waals surface area contributed by atoms with Crippen LogP contribution in [-0.2, 0) is 22.7 Å². The zero-order valence-corrected chi connectivity index (χ0v) is 13.8. The maximum absolute atomic E-state index is 12.1. The van der Waals surface area contributed by atoms with Crippen LogP contribution in [0.3, 0.4) is 0 Å². The van der Waals surface area contributed by atoms with E-state index in [1.54, 1.807) is 0 Å². The van der Waals surface area contributed by atoms with Gasteiger partial charge in [0.1, 0.15) is 0 Å². The highest BCUT2D eigenvalue weighted by Gasteiger charge is 2.28. The molecule has 0 aliphatic heterocycles. The van der Waals surface area contributed by atoms with Gasteiger partial charge in [-0.15, -0.1) is 0 Å². The predicted octanol–water partition coefficient (Wildman–Crippen LogP) is 2.71. The number of benzene rings is 1. The smallest absolute Gasteiger partial charge is 0.234 e. The summed E-state index contributed by atoms with van der Waals surface area (Å²) in [5.41, 5.74) is 2.30. The van der Waals surface area contributed by atoms with E-state index in [1.807, 2.05) is 12.1 Å². The van der Waals surface area contributed by atoms with Crippen LogP contribution in [0, 0.1) is 0 Å². The molecule has 22 heavy (non-hydrogen) atoms. The predicted molar refractivity (Wildman–Crippen MR) is 88.5 cm³/mol. The lowest BCUT2D eigenvalue weighted by Gasteiger charge is -2.19. The maximum Gasteiger partial charge on any atom is 0.234 e. The van der Waals surface area contributed by atoms with E-state index in [-0.39, 0.29) is 5.91 Å².